The Bertz CT molecular complexity index is 285. The molecule has 1 saturated heterocycles. The van der Waals surface area contributed by atoms with Gasteiger partial charge in [0, 0.05) is 0 Å². The first-order valence-corrected chi connectivity index (χ1v) is 6.20. The molecule has 1 fully saturated rings. The van der Waals surface area contributed by atoms with Crippen LogP contribution in [-0.2, 0) is 9.59 Å². The van der Waals surface area contributed by atoms with Crippen molar-refractivity contribution < 1.29 is 14.7 Å². The number of carbonyl (C=O) groups is 2. The van der Waals surface area contributed by atoms with Crippen LogP contribution in [0.15, 0.2) is 0 Å². The minimum absolute atomic E-state index is 0.109. The molecule has 0 aromatic heterocycles. The van der Waals surface area contributed by atoms with Crippen molar-refractivity contribution in [3.63, 3.8) is 0 Å². The maximum atomic E-state index is 11.9. The zero-order valence-corrected chi connectivity index (χ0v) is 10.8. The predicted octanol–water partition coefficient (Wildman–Crippen LogP) is 0.696. The van der Waals surface area contributed by atoms with Crippen LogP contribution in [0.3, 0.4) is 0 Å². The third kappa shape index (κ3) is 3.70. The second-order valence-electron chi connectivity index (χ2n) is 4.99. The standard InChI is InChI=1S/C12H22N2O3/c1-8(2)10(12(16)17)13-11(15)9(3)14-6-4-5-7-14/h8-10H,4-7H2,1-3H3,(H,13,15)(H,16,17). The summed E-state index contributed by atoms with van der Waals surface area (Å²) >= 11 is 0. The summed E-state index contributed by atoms with van der Waals surface area (Å²) in [4.78, 5) is 25.0. The van der Waals surface area contributed by atoms with Gasteiger partial charge in [-0.3, -0.25) is 9.69 Å². The van der Waals surface area contributed by atoms with Gasteiger partial charge in [-0.25, -0.2) is 4.79 Å². The Morgan fingerprint density at radius 1 is 1.18 bits per heavy atom. The quantitative estimate of drug-likeness (QED) is 0.744. The summed E-state index contributed by atoms with van der Waals surface area (Å²) in [5.41, 5.74) is 0. The van der Waals surface area contributed by atoms with E-state index in [0.717, 1.165) is 25.9 Å². The normalized spacial score (nSPS) is 20.2. The summed E-state index contributed by atoms with van der Waals surface area (Å²) in [7, 11) is 0. The first-order valence-electron chi connectivity index (χ1n) is 6.20. The van der Waals surface area contributed by atoms with Crippen LogP contribution >= 0.6 is 0 Å². The Balaban J connectivity index is 2.54. The van der Waals surface area contributed by atoms with Crippen molar-refractivity contribution in [2.45, 2.75) is 45.7 Å². The number of amides is 1. The third-order valence-corrected chi connectivity index (χ3v) is 3.30. The summed E-state index contributed by atoms with van der Waals surface area (Å²) in [5.74, 6) is -1.27. The lowest BCUT2D eigenvalue weighted by atomic mass is 10.0. The van der Waals surface area contributed by atoms with E-state index in [4.69, 9.17) is 5.11 Å². The first kappa shape index (κ1) is 14.0. The summed E-state index contributed by atoms with van der Waals surface area (Å²) in [5, 5.41) is 11.6. The van der Waals surface area contributed by atoms with Gasteiger partial charge in [-0.1, -0.05) is 13.8 Å². The van der Waals surface area contributed by atoms with E-state index < -0.39 is 12.0 Å². The number of carboxylic acids is 1. The lowest BCUT2D eigenvalue weighted by molar-refractivity contribution is -0.143. The van der Waals surface area contributed by atoms with Crippen LogP contribution in [0.5, 0.6) is 0 Å². The number of rotatable bonds is 5. The molecule has 1 aliphatic rings. The lowest BCUT2D eigenvalue weighted by Crippen LogP contribution is -2.51. The molecule has 0 aromatic carbocycles. The number of carbonyl (C=O) groups excluding carboxylic acids is 1. The number of nitrogens with one attached hydrogen (secondary N) is 1. The van der Waals surface area contributed by atoms with Crippen molar-refractivity contribution in [1.29, 1.82) is 0 Å². The molecule has 5 nitrogen and oxygen atoms in total. The molecule has 2 atom stereocenters. The highest BCUT2D eigenvalue weighted by Crippen LogP contribution is 2.12. The molecule has 1 amide bonds. The number of nitrogens with zero attached hydrogens (tertiary/aromatic N) is 1. The van der Waals surface area contributed by atoms with Crippen molar-refractivity contribution in [2.75, 3.05) is 13.1 Å². The molecule has 0 aliphatic carbocycles. The fraction of sp³-hybridized carbons (Fsp3) is 0.833. The van der Waals surface area contributed by atoms with Gasteiger partial charge in [-0.2, -0.15) is 0 Å². The molecule has 17 heavy (non-hydrogen) atoms. The zero-order valence-electron chi connectivity index (χ0n) is 10.8. The van der Waals surface area contributed by atoms with E-state index >= 15 is 0 Å². The first-order chi connectivity index (χ1) is 7.93. The topological polar surface area (TPSA) is 69.6 Å². The molecule has 1 rings (SSSR count). The lowest BCUT2D eigenvalue weighted by Gasteiger charge is -2.25. The van der Waals surface area contributed by atoms with Crippen molar-refractivity contribution in [3.8, 4) is 0 Å². The second kappa shape index (κ2) is 6.00. The highest BCUT2D eigenvalue weighted by molar-refractivity contribution is 5.86. The average molecular weight is 242 g/mol. The van der Waals surface area contributed by atoms with Crippen molar-refractivity contribution in [1.82, 2.24) is 10.2 Å². The van der Waals surface area contributed by atoms with Crippen LogP contribution in [0.2, 0.25) is 0 Å². The smallest absolute Gasteiger partial charge is 0.326 e. The second-order valence-corrected chi connectivity index (χ2v) is 4.99. The van der Waals surface area contributed by atoms with Gasteiger partial charge in [0.25, 0.3) is 0 Å². The molecular formula is C12H22N2O3. The third-order valence-electron chi connectivity index (χ3n) is 3.30. The Morgan fingerprint density at radius 2 is 1.71 bits per heavy atom. The number of hydrogen-bond donors (Lipinski definition) is 2. The van der Waals surface area contributed by atoms with Gasteiger partial charge in [-0.15, -0.1) is 0 Å². The van der Waals surface area contributed by atoms with E-state index in [-0.39, 0.29) is 17.9 Å². The predicted molar refractivity (Wildman–Crippen MR) is 64.7 cm³/mol. The molecule has 0 aromatic rings. The van der Waals surface area contributed by atoms with E-state index in [0.29, 0.717) is 0 Å². The summed E-state index contributed by atoms with van der Waals surface area (Å²) in [6.07, 6.45) is 2.23. The van der Waals surface area contributed by atoms with Gasteiger partial charge in [0.05, 0.1) is 6.04 Å². The fourth-order valence-electron chi connectivity index (χ4n) is 2.08. The fourth-order valence-corrected chi connectivity index (χ4v) is 2.08. The van der Waals surface area contributed by atoms with Gasteiger partial charge in [0.2, 0.25) is 5.91 Å². The Labute approximate surface area is 102 Å². The number of hydrogen-bond acceptors (Lipinski definition) is 3. The molecule has 1 aliphatic heterocycles. The molecule has 2 N–H and O–H groups in total. The zero-order chi connectivity index (χ0) is 13.0. The highest BCUT2D eigenvalue weighted by Gasteiger charge is 2.29. The van der Waals surface area contributed by atoms with E-state index in [9.17, 15) is 9.59 Å². The van der Waals surface area contributed by atoms with Gasteiger partial charge in [0.1, 0.15) is 6.04 Å². The van der Waals surface area contributed by atoms with Crippen LogP contribution in [0.25, 0.3) is 0 Å². The van der Waals surface area contributed by atoms with Crippen molar-refractivity contribution >= 4 is 11.9 Å². The minimum atomic E-state index is -0.970. The molecule has 0 bridgehead atoms. The maximum absolute atomic E-state index is 11.9. The molecule has 5 heteroatoms. The Morgan fingerprint density at radius 3 is 2.12 bits per heavy atom. The van der Waals surface area contributed by atoms with Crippen LogP contribution in [0, 0.1) is 5.92 Å². The monoisotopic (exact) mass is 242 g/mol. The molecule has 98 valence electrons. The largest absolute Gasteiger partial charge is 0.480 e. The number of likely N-dealkylation sites (tertiary alicyclic amines) is 1. The summed E-state index contributed by atoms with van der Waals surface area (Å²) < 4.78 is 0. The van der Waals surface area contributed by atoms with Crippen LogP contribution in [0.4, 0.5) is 0 Å². The SMILES string of the molecule is CC(C)C(NC(=O)C(C)N1CCCC1)C(=O)O. The minimum Gasteiger partial charge on any atom is -0.480 e. The number of carboxylic acid groups (broad SMARTS) is 1. The van der Waals surface area contributed by atoms with Gasteiger partial charge in [0.15, 0.2) is 0 Å². The summed E-state index contributed by atoms with van der Waals surface area (Å²) in [6.45, 7) is 7.26. The van der Waals surface area contributed by atoms with E-state index in [1.54, 1.807) is 13.8 Å². The van der Waals surface area contributed by atoms with E-state index in [1.807, 2.05) is 6.92 Å². The molecular weight excluding hydrogens is 220 g/mol. The Kier molecular flexibility index (Phi) is 4.93. The van der Waals surface area contributed by atoms with Gasteiger partial charge >= 0.3 is 5.97 Å². The molecule has 0 radical (unpaired) electrons. The van der Waals surface area contributed by atoms with Crippen molar-refractivity contribution in [3.05, 3.63) is 0 Å². The van der Waals surface area contributed by atoms with E-state index in [2.05, 4.69) is 10.2 Å². The number of aliphatic carboxylic acids is 1. The molecule has 2 unspecified atom stereocenters. The molecule has 0 saturated carbocycles. The molecule has 1 heterocycles. The highest BCUT2D eigenvalue weighted by atomic mass is 16.4. The van der Waals surface area contributed by atoms with Gasteiger partial charge < -0.3 is 10.4 Å². The molecule has 0 spiro atoms. The van der Waals surface area contributed by atoms with E-state index in [1.165, 1.54) is 0 Å². The van der Waals surface area contributed by atoms with Gasteiger partial charge in [-0.05, 0) is 38.8 Å². The van der Waals surface area contributed by atoms with Crippen LogP contribution in [-0.4, -0.2) is 47.1 Å². The Hall–Kier alpha value is -1.10. The van der Waals surface area contributed by atoms with Crippen molar-refractivity contribution in [2.24, 2.45) is 5.92 Å². The average Bonchev–Trinajstić information content (AvgIpc) is 2.76. The maximum Gasteiger partial charge on any atom is 0.326 e. The van der Waals surface area contributed by atoms with Crippen LogP contribution in [0.1, 0.15) is 33.6 Å². The summed E-state index contributed by atoms with van der Waals surface area (Å²) in [6, 6.07) is -1.04. The van der Waals surface area contributed by atoms with Crippen LogP contribution < -0.4 is 5.32 Å².